The molecule has 4 heterocycles. The summed E-state index contributed by atoms with van der Waals surface area (Å²) in [5.41, 5.74) is 1.07. The molecule has 0 N–H and O–H groups in total. The second-order valence-electron chi connectivity index (χ2n) is 8.60. The number of thiazole rings is 1. The Bertz CT molecular complexity index is 1050. The molecule has 0 bridgehead atoms. The van der Waals surface area contributed by atoms with E-state index in [4.69, 9.17) is 4.98 Å². The third-order valence-electron chi connectivity index (χ3n) is 6.70. The Balaban J connectivity index is 1.12. The summed E-state index contributed by atoms with van der Waals surface area (Å²) in [4.78, 5) is 37.6. The molecule has 168 valence electrons. The Morgan fingerprint density at radius 1 is 0.969 bits per heavy atom. The first kappa shape index (κ1) is 21.6. The highest BCUT2D eigenvalue weighted by Gasteiger charge is 2.33. The number of aromatic nitrogens is 1. The zero-order valence-electron chi connectivity index (χ0n) is 18.3. The van der Waals surface area contributed by atoms with Crippen LogP contribution in [0.25, 0.3) is 10.2 Å². The van der Waals surface area contributed by atoms with Crippen LogP contribution < -0.4 is 0 Å². The van der Waals surface area contributed by atoms with Crippen LogP contribution in [0, 0.1) is 5.92 Å². The van der Waals surface area contributed by atoms with Crippen LogP contribution in [-0.2, 0) is 4.79 Å². The molecular weight excluding hydrogens is 440 g/mol. The highest BCUT2D eigenvalue weighted by atomic mass is 32.1. The number of piperidine rings is 1. The molecule has 2 fully saturated rings. The van der Waals surface area contributed by atoms with Crippen LogP contribution >= 0.6 is 22.7 Å². The van der Waals surface area contributed by atoms with Crippen molar-refractivity contribution >= 4 is 44.7 Å². The van der Waals surface area contributed by atoms with Crippen LogP contribution in [-0.4, -0.2) is 70.8 Å². The van der Waals surface area contributed by atoms with Gasteiger partial charge < -0.3 is 9.80 Å². The molecule has 32 heavy (non-hydrogen) atoms. The number of para-hydroxylation sites is 1. The average Bonchev–Trinajstić information content (AvgIpc) is 3.53. The summed E-state index contributed by atoms with van der Waals surface area (Å²) >= 11 is 3.25. The Hall–Kier alpha value is -2.29. The highest BCUT2D eigenvalue weighted by molar-refractivity contribution is 7.18. The Morgan fingerprint density at radius 2 is 1.72 bits per heavy atom. The summed E-state index contributed by atoms with van der Waals surface area (Å²) in [6.07, 6.45) is 1.52. The number of nitrogens with zero attached hydrogens (tertiary/aromatic N) is 4. The molecule has 6 nitrogen and oxygen atoms in total. The first-order valence-corrected chi connectivity index (χ1v) is 13.0. The van der Waals surface area contributed by atoms with Gasteiger partial charge in [-0.2, -0.15) is 0 Å². The topological polar surface area (TPSA) is 56.8 Å². The number of likely N-dealkylation sites (tertiary alicyclic amines) is 1. The molecule has 1 aromatic carbocycles. The lowest BCUT2D eigenvalue weighted by molar-refractivity contribution is -0.139. The maximum atomic E-state index is 13.1. The molecule has 1 unspecified atom stereocenters. The fraction of sp³-hybridized carbons (Fsp3) is 0.458. The summed E-state index contributed by atoms with van der Waals surface area (Å²) < 4.78 is 1.23. The Kier molecular flexibility index (Phi) is 6.26. The van der Waals surface area contributed by atoms with E-state index < -0.39 is 0 Å². The van der Waals surface area contributed by atoms with E-state index >= 15 is 0 Å². The standard InChI is InChI=1S/C24H28N4O2S2/c1-17(22-25-19-5-2-3-6-20(19)32-22)26-12-14-28(15-13-26)23(29)18-8-10-27(11-9-18)24(30)21-7-4-16-31-21/h2-7,16-18H,8-15H2,1H3. The van der Waals surface area contributed by atoms with Gasteiger partial charge in [-0.1, -0.05) is 18.2 Å². The van der Waals surface area contributed by atoms with E-state index in [1.54, 1.807) is 11.3 Å². The minimum Gasteiger partial charge on any atom is -0.340 e. The van der Waals surface area contributed by atoms with Crippen molar-refractivity contribution in [3.05, 3.63) is 51.7 Å². The van der Waals surface area contributed by atoms with Gasteiger partial charge in [0.2, 0.25) is 5.91 Å². The van der Waals surface area contributed by atoms with E-state index in [9.17, 15) is 9.59 Å². The lowest BCUT2D eigenvalue weighted by atomic mass is 9.94. The largest absolute Gasteiger partial charge is 0.340 e. The number of benzene rings is 1. The van der Waals surface area contributed by atoms with E-state index in [1.807, 2.05) is 33.4 Å². The number of rotatable bonds is 4. The van der Waals surface area contributed by atoms with Crippen molar-refractivity contribution in [2.75, 3.05) is 39.3 Å². The fourth-order valence-electron chi connectivity index (χ4n) is 4.70. The van der Waals surface area contributed by atoms with Gasteiger partial charge in [0.1, 0.15) is 5.01 Å². The number of fused-ring (bicyclic) bond motifs is 1. The van der Waals surface area contributed by atoms with Crippen LogP contribution in [0.3, 0.4) is 0 Å². The smallest absolute Gasteiger partial charge is 0.263 e. The lowest BCUT2D eigenvalue weighted by Gasteiger charge is -2.40. The lowest BCUT2D eigenvalue weighted by Crippen LogP contribution is -2.52. The molecular formula is C24H28N4O2S2. The molecule has 2 aliphatic rings. The van der Waals surface area contributed by atoms with Crippen molar-refractivity contribution in [1.82, 2.24) is 19.7 Å². The molecule has 2 aliphatic heterocycles. The fourth-order valence-corrected chi connectivity index (χ4v) is 6.44. The van der Waals surface area contributed by atoms with E-state index in [-0.39, 0.29) is 23.8 Å². The van der Waals surface area contributed by atoms with E-state index in [2.05, 4.69) is 30.0 Å². The molecule has 0 aliphatic carbocycles. The molecule has 2 aromatic heterocycles. The molecule has 5 rings (SSSR count). The van der Waals surface area contributed by atoms with E-state index in [1.165, 1.54) is 16.0 Å². The van der Waals surface area contributed by atoms with Crippen LogP contribution in [0.1, 0.15) is 40.5 Å². The van der Waals surface area contributed by atoms with Crippen LogP contribution in [0.5, 0.6) is 0 Å². The van der Waals surface area contributed by atoms with Crippen molar-refractivity contribution in [1.29, 1.82) is 0 Å². The van der Waals surface area contributed by atoms with Gasteiger partial charge in [-0.25, -0.2) is 4.98 Å². The van der Waals surface area contributed by atoms with Gasteiger partial charge in [-0.05, 0) is 43.3 Å². The quantitative estimate of drug-likeness (QED) is 0.578. The van der Waals surface area contributed by atoms with Crippen molar-refractivity contribution in [2.24, 2.45) is 5.92 Å². The molecule has 0 saturated carbocycles. The number of hydrogen-bond donors (Lipinski definition) is 0. The summed E-state index contributed by atoms with van der Waals surface area (Å²) in [5, 5.41) is 3.08. The van der Waals surface area contributed by atoms with Gasteiger partial charge in [-0.3, -0.25) is 14.5 Å². The molecule has 0 spiro atoms. The maximum absolute atomic E-state index is 13.1. The summed E-state index contributed by atoms with van der Waals surface area (Å²) in [6, 6.07) is 12.3. The third kappa shape index (κ3) is 4.31. The van der Waals surface area contributed by atoms with Gasteiger partial charge in [0, 0.05) is 45.2 Å². The average molecular weight is 469 g/mol. The first-order chi connectivity index (χ1) is 15.6. The number of carbonyl (C=O) groups excluding carboxylic acids is 2. The van der Waals surface area contributed by atoms with Crippen LogP contribution in [0.15, 0.2) is 41.8 Å². The second-order valence-corrected chi connectivity index (χ2v) is 10.6. The molecule has 2 amide bonds. The Labute approximate surface area is 196 Å². The van der Waals surface area contributed by atoms with Crippen molar-refractivity contribution in [3.63, 3.8) is 0 Å². The molecule has 1 atom stereocenters. The summed E-state index contributed by atoms with van der Waals surface area (Å²) in [6.45, 7) is 6.83. The molecule has 8 heteroatoms. The highest BCUT2D eigenvalue weighted by Crippen LogP contribution is 2.30. The summed E-state index contributed by atoms with van der Waals surface area (Å²) in [7, 11) is 0. The minimum absolute atomic E-state index is 0.0376. The van der Waals surface area contributed by atoms with Gasteiger partial charge in [0.05, 0.1) is 21.1 Å². The predicted octanol–water partition coefficient (Wildman–Crippen LogP) is 4.12. The van der Waals surface area contributed by atoms with E-state index in [0.717, 1.165) is 54.4 Å². The maximum Gasteiger partial charge on any atom is 0.263 e. The molecule has 0 radical (unpaired) electrons. The van der Waals surface area contributed by atoms with Crippen molar-refractivity contribution in [2.45, 2.75) is 25.8 Å². The number of carbonyl (C=O) groups is 2. The van der Waals surface area contributed by atoms with Gasteiger partial charge >= 0.3 is 0 Å². The van der Waals surface area contributed by atoms with Crippen molar-refractivity contribution in [3.8, 4) is 0 Å². The summed E-state index contributed by atoms with van der Waals surface area (Å²) in [5.74, 6) is 0.402. The zero-order valence-corrected chi connectivity index (χ0v) is 19.9. The molecule has 3 aromatic rings. The Morgan fingerprint density at radius 3 is 2.41 bits per heavy atom. The van der Waals surface area contributed by atoms with Crippen LogP contribution in [0.4, 0.5) is 0 Å². The number of hydrogen-bond acceptors (Lipinski definition) is 6. The molecule has 2 saturated heterocycles. The van der Waals surface area contributed by atoms with Crippen molar-refractivity contribution < 1.29 is 9.59 Å². The monoisotopic (exact) mass is 468 g/mol. The number of amides is 2. The van der Waals surface area contributed by atoms with Gasteiger partial charge in [0.25, 0.3) is 5.91 Å². The SMILES string of the molecule is CC(c1nc2ccccc2s1)N1CCN(C(=O)C2CCN(C(=O)c3cccs3)CC2)CC1. The van der Waals surface area contributed by atoms with Gasteiger partial charge in [-0.15, -0.1) is 22.7 Å². The van der Waals surface area contributed by atoms with Crippen LogP contribution in [0.2, 0.25) is 0 Å². The minimum atomic E-state index is 0.0376. The zero-order chi connectivity index (χ0) is 22.1. The predicted molar refractivity (Wildman–Crippen MR) is 129 cm³/mol. The van der Waals surface area contributed by atoms with Gasteiger partial charge in [0.15, 0.2) is 0 Å². The van der Waals surface area contributed by atoms with E-state index in [0.29, 0.717) is 13.1 Å². The number of piperazine rings is 1. The second kappa shape index (κ2) is 9.29. The third-order valence-corrected chi connectivity index (χ3v) is 8.77. The number of thiophene rings is 1. The normalized spacial score (nSPS) is 19.4. The first-order valence-electron chi connectivity index (χ1n) is 11.3.